The van der Waals surface area contributed by atoms with Crippen LogP contribution in [0, 0.1) is 5.41 Å². The number of rotatable bonds is 5. The highest BCUT2D eigenvalue weighted by Gasteiger charge is 2.37. The maximum atomic E-state index is 12.0. The Hall–Kier alpha value is -1.44. The van der Waals surface area contributed by atoms with Crippen molar-refractivity contribution in [2.45, 2.75) is 30.6 Å². The van der Waals surface area contributed by atoms with Gasteiger partial charge in [0.1, 0.15) is 0 Å². The van der Waals surface area contributed by atoms with Gasteiger partial charge in [0.25, 0.3) is 0 Å². The number of hydrogen-bond acceptors (Lipinski definition) is 4. The molecule has 0 radical (unpaired) electrons. The molecule has 5 N–H and O–H groups in total. The summed E-state index contributed by atoms with van der Waals surface area (Å²) in [5.41, 5.74) is 6.06. The third-order valence-electron chi connectivity index (χ3n) is 3.83. The fourth-order valence-electron chi connectivity index (χ4n) is 2.43. The second kappa shape index (κ2) is 5.51. The molecule has 1 fully saturated rings. The maximum Gasteiger partial charge on any atom is 0.238 e. The monoisotopic (exact) mass is 297 g/mol. The molecule has 1 aromatic rings. The van der Waals surface area contributed by atoms with Gasteiger partial charge in [-0.2, -0.15) is 0 Å². The van der Waals surface area contributed by atoms with Crippen LogP contribution in [-0.2, 0) is 14.8 Å². The molecule has 0 bridgehead atoms. The van der Waals surface area contributed by atoms with Crippen molar-refractivity contribution in [2.75, 3.05) is 11.9 Å². The molecular formula is C13H19N3O3S. The summed E-state index contributed by atoms with van der Waals surface area (Å²) in [7, 11) is -3.77. The average Bonchev–Trinajstić information content (AvgIpc) is 2.33. The van der Waals surface area contributed by atoms with Crippen LogP contribution in [0.5, 0.6) is 0 Å². The van der Waals surface area contributed by atoms with E-state index in [0.717, 1.165) is 19.3 Å². The Balaban J connectivity index is 2.05. The van der Waals surface area contributed by atoms with Crippen molar-refractivity contribution in [1.29, 1.82) is 0 Å². The number of sulfonamides is 1. The Morgan fingerprint density at radius 3 is 2.55 bits per heavy atom. The normalized spacial score (nSPS) is 17.3. The van der Waals surface area contributed by atoms with Gasteiger partial charge in [0.15, 0.2) is 0 Å². The van der Waals surface area contributed by atoms with Crippen molar-refractivity contribution in [3.63, 3.8) is 0 Å². The molecule has 7 heteroatoms. The van der Waals surface area contributed by atoms with Crippen LogP contribution in [0.25, 0.3) is 0 Å². The number of nitrogens with two attached hydrogens (primary N) is 2. The van der Waals surface area contributed by atoms with Gasteiger partial charge in [0.2, 0.25) is 15.9 Å². The molecule has 0 saturated heterocycles. The van der Waals surface area contributed by atoms with E-state index in [4.69, 9.17) is 10.9 Å². The molecule has 6 nitrogen and oxygen atoms in total. The van der Waals surface area contributed by atoms with Gasteiger partial charge in [0.05, 0.1) is 4.90 Å². The highest BCUT2D eigenvalue weighted by molar-refractivity contribution is 7.89. The smallest absolute Gasteiger partial charge is 0.238 e. The fraction of sp³-hybridized carbons (Fsp3) is 0.462. The molecule has 1 aromatic carbocycles. The minimum Gasteiger partial charge on any atom is -0.330 e. The van der Waals surface area contributed by atoms with Crippen LogP contribution < -0.4 is 16.2 Å². The molecule has 0 aliphatic heterocycles. The number of anilines is 1. The zero-order chi connectivity index (χ0) is 14.8. The number of hydrogen-bond donors (Lipinski definition) is 3. The summed E-state index contributed by atoms with van der Waals surface area (Å²) in [4.78, 5) is 12.0. The van der Waals surface area contributed by atoms with Gasteiger partial charge >= 0.3 is 0 Å². The van der Waals surface area contributed by atoms with E-state index in [-0.39, 0.29) is 16.2 Å². The van der Waals surface area contributed by atoms with E-state index < -0.39 is 10.0 Å². The topological polar surface area (TPSA) is 115 Å². The lowest BCUT2D eigenvalue weighted by Crippen LogP contribution is -2.40. The Bertz CT molecular complexity index is 604. The van der Waals surface area contributed by atoms with Gasteiger partial charge in [-0.05, 0) is 43.0 Å². The molecule has 0 atom stereocenters. The van der Waals surface area contributed by atoms with E-state index in [1.54, 1.807) is 6.07 Å². The van der Waals surface area contributed by atoms with Crippen molar-refractivity contribution in [3.8, 4) is 0 Å². The number of carbonyl (C=O) groups is 1. The zero-order valence-corrected chi connectivity index (χ0v) is 11.9. The zero-order valence-electron chi connectivity index (χ0n) is 11.1. The van der Waals surface area contributed by atoms with E-state index in [1.165, 1.54) is 18.2 Å². The summed E-state index contributed by atoms with van der Waals surface area (Å²) in [6.07, 6.45) is 3.40. The molecule has 1 aliphatic rings. The number of nitrogens with one attached hydrogen (secondary N) is 1. The predicted octanol–water partition coefficient (Wildman–Crippen LogP) is 0.792. The lowest BCUT2D eigenvalue weighted by molar-refractivity contribution is -0.119. The van der Waals surface area contributed by atoms with Gasteiger partial charge in [0, 0.05) is 12.1 Å². The number of benzene rings is 1. The van der Waals surface area contributed by atoms with Crippen LogP contribution in [0.4, 0.5) is 5.69 Å². The van der Waals surface area contributed by atoms with Crippen LogP contribution in [-0.4, -0.2) is 20.9 Å². The molecular weight excluding hydrogens is 278 g/mol. The summed E-state index contributed by atoms with van der Waals surface area (Å²) >= 11 is 0. The van der Waals surface area contributed by atoms with Crippen molar-refractivity contribution in [1.82, 2.24) is 0 Å². The second-order valence-electron chi connectivity index (χ2n) is 5.36. The lowest BCUT2D eigenvalue weighted by Gasteiger charge is -2.40. The Labute approximate surface area is 118 Å². The van der Waals surface area contributed by atoms with Crippen molar-refractivity contribution < 1.29 is 13.2 Å². The van der Waals surface area contributed by atoms with Crippen LogP contribution in [0.3, 0.4) is 0 Å². The lowest BCUT2D eigenvalue weighted by atomic mass is 9.66. The summed E-state index contributed by atoms with van der Waals surface area (Å²) < 4.78 is 22.5. The number of amides is 1. The summed E-state index contributed by atoms with van der Waals surface area (Å²) in [6, 6.07) is 5.90. The molecule has 1 saturated carbocycles. The molecule has 0 unspecified atom stereocenters. The van der Waals surface area contributed by atoms with E-state index in [9.17, 15) is 13.2 Å². The molecule has 2 rings (SSSR count). The number of primary sulfonamides is 1. The fourth-order valence-corrected chi connectivity index (χ4v) is 2.99. The van der Waals surface area contributed by atoms with Crippen LogP contribution in [0.15, 0.2) is 29.2 Å². The minimum absolute atomic E-state index is 0.0208. The standard InChI is InChI=1S/C13H19N3O3S/c14-9-13(5-2-6-13)8-12(17)16-10-3-1-4-11(7-10)20(15,18)19/h1,3-4,7H,2,5-6,8-9,14H2,(H,16,17)(H2,15,18,19). The first-order valence-electron chi connectivity index (χ1n) is 6.47. The predicted molar refractivity (Wildman–Crippen MR) is 76.4 cm³/mol. The molecule has 1 aliphatic carbocycles. The molecule has 0 spiro atoms. The van der Waals surface area contributed by atoms with E-state index in [0.29, 0.717) is 18.7 Å². The second-order valence-corrected chi connectivity index (χ2v) is 6.92. The Kier molecular flexibility index (Phi) is 4.12. The third-order valence-corrected chi connectivity index (χ3v) is 4.74. The van der Waals surface area contributed by atoms with Crippen molar-refractivity contribution in [2.24, 2.45) is 16.3 Å². The summed E-state index contributed by atoms with van der Waals surface area (Å²) in [5, 5.41) is 7.75. The first kappa shape index (κ1) is 15.0. The summed E-state index contributed by atoms with van der Waals surface area (Å²) in [5.74, 6) is -0.151. The van der Waals surface area contributed by atoms with Crippen LogP contribution in [0.1, 0.15) is 25.7 Å². The maximum absolute atomic E-state index is 12.0. The Morgan fingerprint density at radius 2 is 2.05 bits per heavy atom. The van der Waals surface area contributed by atoms with Gasteiger partial charge < -0.3 is 11.1 Å². The quantitative estimate of drug-likeness (QED) is 0.745. The van der Waals surface area contributed by atoms with Crippen molar-refractivity contribution >= 4 is 21.6 Å². The first-order valence-corrected chi connectivity index (χ1v) is 8.02. The summed E-state index contributed by atoms with van der Waals surface area (Å²) in [6.45, 7) is 0.498. The number of carbonyl (C=O) groups excluding carboxylic acids is 1. The van der Waals surface area contributed by atoms with Gasteiger partial charge in [-0.25, -0.2) is 13.6 Å². The largest absolute Gasteiger partial charge is 0.330 e. The van der Waals surface area contributed by atoms with E-state index in [2.05, 4.69) is 5.32 Å². The average molecular weight is 297 g/mol. The molecule has 20 heavy (non-hydrogen) atoms. The molecule has 110 valence electrons. The molecule has 0 aromatic heterocycles. The van der Waals surface area contributed by atoms with Gasteiger partial charge in [-0.15, -0.1) is 0 Å². The highest BCUT2D eigenvalue weighted by atomic mass is 32.2. The highest BCUT2D eigenvalue weighted by Crippen LogP contribution is 2.43. The van der Waals surface area contributed by atoms with E-state index in [1.807, 2.05) is 0 Å². The molecule has 0 heterocycles. The van der Waals surface area contributed by atoms with E-state index >= 15 is 0 Å². The van der Waals surface area contributed by atoms with Gasteiger partial charge in [-0.1, -0.05) is 12.5 Å². The minimum atomic E-state index is -3.77. The van der Waals surface area contributed by atoms with Crippen LogP contribution in [0.2, 0.25) is 0 Å². The van der Waals surface area contributed by atoms with Gasteiger partial charge in [-0.3, -0.25) is 4.79 Å². The third kappa shape index (κ3) is 3.36. The SMILES string of the molecule is NCC1(CC(=O)Nc2cccc(S(N)(=O)=O)c2)CCC1. The first-order chi connectivity index (χ1) is 9.35. The Morgan fingerprint density at radius 1 is 1.35 bits per heavy atom. The van der Waals surface area contributed by atoms with Crippen LogP contribution >= 0.6 is 0 Å². The molecule has 1 amide bonds. The van der Waals surface area contributed by atoms with Crippen molar-refractivity contribution in [3.05, 3.63) is 24.3 Å².